The molecule has 0 N–H and O–H groups in total. The summed E-state index contributed by atoms with van der Waals surface area (Å²) in [4.78, 5) is 18.9. The maximum atomic E-state index is 12.6. The number of fused-ring (bicyclic) bond motifs is 1. The van der Waals surface area contributed by atoms with Crippen LogP contribution in [0.5, 0.6) is 0 Å². The van der Waals surface area contributed by atoms with Crippen LogP contribution in [0.15, 0.2) is 54.9 Å². The molecule has 4 nitrogen and oxygen atoms in total. The number of aryl methyl sites for hydroxylation is 1. The standard InChI is InChI=1S/C18H19N3O/c1-3-20(18(22)15-9-7-14(2)8-10-15)13-16-12-19-17-6-4-5-11-21(16)17/h4-12H,3,13H2,1-2H3. The van der Waals surface area contributed by atoms with Crippen LogP contribution in [0.1, 0.15) is 28.5 Å². The van der Waals surface area contributed by atoms with Crippen LogP contribution in [-0.4, -0.2) is 26.7 Å². The van der Waals surface area contributed by atoms with E-state index >= 15 is 0 Å². The van der Waals surface area contributed by atoms with Gasteiger partial charge < -0.3 is 9.30 Å². The Morgan fingerprint density at radius 1 is 1.18 bits per heavy atom. The highest BCUT2D eigenvalue weighted by Gasteiger charge is 2.16. The molecule has 1 aromatic carbocycles. The van der Waals surface area contributed by atoms with Gasteiger partial charge in [-0.15, -0.1) is 0 Å². The van der Waals surface area contributed by atoms with Crippen LogP contribution in [0.4, 0.5) is 0 Å². The van der Waals surface area contributed by atoms with Crippen LogP contribution >= 0.6 is 0 Å². The van der Waals surface area contributed by atoms with Gasteiger partial charge in [0.25, 0.3) is 5.91 Å². The highest BCUT2D eigenvalue weighted by Crippen LogP contribution is 2.12. The maximum absolute atomic E-state index is 12.6. The Hall–Kier alpha value is -2.62. The molecule has 0 radical (unpaired) electrons. The Balaban J connectivity index is 1.85. The van der Waals surface area contributed by atoms with Crippen LogP contribution in [0, 0.1) is 6.92 Å². The number of hydrogen-bond acceptors (Lipinski definition) is 2. The Bertz CT molecular complexity index is 789. The molecule has 2 aromatic heterocycles. The van der Waals surface area contributed by atoms with Gasteiger partial charge in [-0.3, -0.25) is 4.79 Å². The molecule has 22 heavy (non-hydrogen) atoms. The fourth-order valence-electron chi connectivity index (χ4n) is 2.50. The number of carbonyl (C=O) groups is 1. The van der Waals surface area contributed by atoms with E-state index in [2.05, 4.69) is 4.98 Å². The number of imidazole rings is 1. The summed E-state index contributed by atoms with van der Waals surface area (Å²) >= 11 is 0. The lowest BCUT2D eigenvalue weighted by Crippen LogP contribution is -2.30. The van der Waals surface area contributed by atoms with Crippen molar-refractivity contribution in [1.82, 2.24) is 14.3 Å². The van der Waals surface area contributed by atoms with E-state index in [1.165, 1.54) is 0 Å². The molecule has 0 saturated carbocycles. The van der Waals surface area contributed by atoms with E-state index in [9.17, 15) is 4.79 Å². The third-order valence-corrected chi connectivity index (χ3v) is 3.81. The SMILES string of the molecule is CCN(Cc1cnc2ccccn12)C(=O)c1ccc(C)cc1. The molecule has 0 spiro atoms. The van der Waals surface area contributed by atoms with E-state index in [4.69, 9.17) is 0 Å². The van der Waals surface area contributed by atoms with Gasteiger partial charge in [0.1, 0.15) is 5.65 Å². The van der Waals surface area contributed by atoms with Crippen LogP contribution in [-0.2, 0) is 6.54 Å². The van der Waals surface area contributed by atoms with Gasteiger partial charge in [0.05, 0.1) is 18.4 Å². The zero-order valence-electron chi connectivity index (χ0n) is 12.9. The second-order valence-corrected chi connectivity index (χ2v) is 5.36. The summed E-state index contributed by atoms with van der Waals surface area (Å²) in [5.74, 6) is 0.0494. The van der Waals surface area contributed by atoms with E-state index < -0.39 is 0 Å². The Morgan fingerprint density at radius 3 is 2.68 bits per heavy atom. The van der Waals surface area contributed by atoms with Crippen molar-refractivity contribution in [1.29, 1.82) is 0 Å². The normalized spacial score (nSPS) is 10.8. The number of hydrogen-bond donors (Lipinski definition) is 0. The number of benzene rings is 1. The van der Waals surface area contributed by atoms with E-state index in [0.717, 1.165) is 22.5 Å². The summed E-state index contributed by atoms with van der Waals surface area (Å²) in [5.41, 5.74) is 3.79. The second-order valence-electron chi connectivity index (χ2n) is 5.36. The molecule has 4 heteroatoms. The molecule has 0 unspecified atom stereocenters. The first-order valence-electron chi connectivity index (χ1n) is 7.46. The molecule has 0 aliphatic heterocycles. The van der Waals surface area contributed by atoms with Crippen molar-refractivity contribution in [3.05, 3.63) is 71.7 Å². The number of carbonyl (C=O) groups excluding carboxylic acids is 1. The Kier molecular flexibility index (Phi) is 3.92. The number of aromatic nitrogens is 2. The Morgan fingerprint density at radius 2 is 1.95 bits per heavy atom. The monoisotopic (exact) mass is 293 g/mol. The lowest BCUT2D eigenvalue weighted by Gasteiger charge is -2.20. The van der Waals surface area contributed by atoms with Crippen LogP contribution in [0.25, 0.3) is 5.65 Å². The molecule has 0 atom stereocenters. The topological polar surface area (TPSA) is 37.6 Å². The molecule has 0 aliphatic carbocycles. The van der Waals surface area contributed by atoms with Crippen molar-refractivity contribution in [2.45, 2.75) is 20.4 Å². The lowest BCUT2D eigenvalue weighted by atomic mass is 10.1. The predicted molar refractivity (Wildman–Crippen MR) is 86.8 cm³/mol. The minimum atomic E-state index is 0.0494. The van der Waals surface area contributed by atoms with Gasteiger partial charge in [-0.2, -0.15) is 0 Å². The van der Waals surface area contributed by atoms with E-state index in [0.29, 0.717) is 13.1 Å². The first kappa shape index (κ1) is 14.3. The lowest BCUT2D eigenvalue weighted by molar-refractivity contribution is 0.0750. The van der Waals surface area contributed by atoms with Gasteiger partial charge in [-0.25, -0.2) is 4.98 Å². The molecule has 3 aromatic rings. The molecule has 0 bridgehead atoms. The molecule has 1 amide bonds. The molecular formula is C18H19N3O. The molecular weight excluding hydrogens is 274 g/mol. The fraction of sp³-hybridized carbons (Fsp3) is 0.222. The van der Waals surface area contributed by atoms with Gasteiger partial charge in [-0.1, -0.05) is 23.8 Å². The number of rotatable bonds is 4. The zero-order valence-corrected chi connectivity index (χ0v) is 12.9. The van der Waals surface area contributed by atoms with Crippen molar-refractivity contribution in [2.24, 2.45) is 0 Å². The van der Waals surface area contributed by atoms with E-state index in [1.807, 2.05) is 78.0 Å². The smallest absolute Gasteiger partial charge is 0.254 e. The van der Waals surface area contributed by atoms with Crippen LogP contribution in [0.3, 0.4) is 0 Å². The van der Waals surface area contributed by atoms with Gasteiger partial charge >= 0.3 is 0 Å². The summed E-state index contributed by atoms with van der Waals surface area (Å²) in [6, 6.07) is 13.6. The first-order valence-corrected chi connectivity index (χ1v) is 7.46. The molecule has 3 rings (SSSR count). The zero-order chi connectivity index (χ0) is 15.5. The summed E-state index contributed by atoms with van der Waals surface area (Å²) in [6.07, 6.45) is 3.81. The van der Waals surface area contributed by atoms with Gasteiger partial charge in [0.15, 0.2) is 0 Å². The summed E-state index contributed by atoms with van der Waals surface area (Å²) < 4.78 is 2.02. The number of pyridine rings is 1. The third-order valence-electron chi connectivity index (χ3n) is 3.81. The number of amides is 1. The van der Waals surface area contributed by atoms with E-state index in [-0.39, 0.29) is 5.91 Å². The van der Waals surface area contributed by atoms with Crippen molar-refractivity contribution in [3.63, 3.8) is 0 Å². The average Bonchev–Trinajstić information content (AvgIpc) is 2.96. The molecule has 0 saturated heterocycles. The molecule has 112 valence electrons. The summed E-state index contributed by atoms with van der Waals surface area (Å²) in [7, 11) is 0. The molecule has 2 heterocycles. The molecule has 0 aliphatic rings. The van der Waals surface area contributed by atoms with E-state index in [1.54, 1.807) is 0 Å². The van der Waals surface area contributed by atoms with Gasteiger partial charge in [0, 0.05) is 18.3 Å². The van der Waals surface area contributed by atoms with Crippen molar-refractivity contribution >= 4 is 11.6 Å². The van der Waals surface area contributed by atoms with Crippen molar-refractivity contribution in [3.8, 4) is 0 Å². The summed E-state index contributed by atoms with van der Waals surface area (Å²) in [6.45, 7) is 5.22. The first-order chi connectivity index (χ1) is 10.7. The maximum Gasteiger partial charge on any atom is 0.254 e. The van der Waals surface area contributed by atoms with Crippen LogP contribution < -0.4 is 0 Å². The average molecular weight is 293 g/mol. The third kappa shape index (κ3) is 2.72. The van der Waals surface area contributed by atoms with Gasteiger partial charge in [-0.05, 0) is 38.1 Å². The minimum Gasteiger partial charge on any atom is -0.333 e. The summed E-state index contributed by atoms with van der Waals surface area (Å²) in [5, 5.41) is 0. The second kappa shape index (κ2) is 6.02. The highest BCUT2D eigenvalue weighted by atomic mass is 16.2. The largest absolute Gasteiger partial charge is 0.333 e. The van der Waals surface area contributed by atoms with Crippen LogP contribution in [0.2, 0.25) is 0 Å². The van der Waals surface area contributed by atoms with Gasteiger partial charge in [0.2, 0.25) is 0 Å². The van der Waals surface area contributed by atoms with Crippen molar-refractivity contribution in [2.75, 3.05) is 6.54 Å². The van der Waals surface area contributed by atoms with Crippen molar-refractivity contribution < 1.29 is 4.79 Å². The minimum absolute atomic E-state index is 0.0494. The fourth-order valence-corrected chi connectivity index (χ4v) is 2.50. The quantitative estimate of drug-likeness (QED) is 0.740. The highest BCUT2D eigenvalue weighted by molar-refractivity contribution is 5.94. The predicted octanol–water partition coefficient (Wildman–Crippen LogP) is 3.31. The molecule has 0 fully saturated rings. The number of nitrogens with zero attached hydrogens (tertiary/aromatic N) is 3. The Labute approximate surface area is 130 Å².